The topological polar surface area (TPSA) is 122 Å². The van der Waals surface area contributed by atoms with Gasteiger partial charge in [-0.3, -0.25) is 9.59 Å². The lowest BCUT2D eigenvalue weighted by atomic mass is 9.65. The second-order valence-corrected chi connectivity index (χ2v) is 13.5. The highest BCUT2D eigenvalue weighted by Gasteiger charge is 2.53. The summed E-state index contributed by atoms with van der Waals surface area (Å²) in [7, 11) is -3.81. The predicted molar refractivity (Wildman–Crippen MR) is 144 cm³/mol. The van der Waals surface area contributed by atoms with Crippen molar-refractivity contribution in [1.29, 1.82) is 0 Å². The van der Waals surface area contributed by atoms with E-state index in [0.29, 0.717) is 17.9 Å². The van der Waals surface area contributed by atoms with E-state index >= 15 is 0 Å². The number of benzene rings is 2. The Hall–Kier alpha value is -3.24. The van der Waals surface area contributed by atoms with E-state index < -0.39 is 28.0 Å². The van der Waals surface area contributed by atoms with Gasteiger partial charge in [0, 0.05) is 30.9 Å². The molecule has 0 spiro atoms. The molecule has 38 heavy (non-hydrogen) atoms. The molecule has 2 bridgehead atoms. The molecule has 3 unspecified atom stereocenters. The Labute approximate surface area is 224 Å². The molecule has 1 saturated heterocycles. The van der Waals surface area contributed by atoms with E-state index in [9.17, 15) is 22.8 Å². The minimum Gasteiger partial charge on any atom is -0.449 e. The molecule has 10 heteroatoms. The lowest BCUT2D eigenvalue weighted by Crippen LogP contribution is -2.37. The first-order valence-electron chi connectivity index (χ1n) is 12.7. The molecule has 2 aliphatic rings. The SMILES string of the molecule is CC(=O)Nc1ccc(NC(=O)C(C)OC(=O)c2cccc(S(=O)(=O)N3CC4(C)CC3CC(C)(C)C4)c2)cc1. The van der Waals surface area contributed by atoms with E-state index in [0.717, 1.165) is 19.3 Å². The number of nitrogens with zero attached hydrogens (tertiary/aromatic N) is 1. The van der Waals surface area contributed by atoms with Gasteiger partial charge in [-0.15, -0.1) is 0 Å². The standard InChI is InChI=1S/C28H35N3O6S/c1-18(25(33)30-22-11-9-21(10-12-22)29-19(2)32)37-26(34)20-7-6-8-24(13-20)38(35,36)31-17-28(5)15-23(31)14-27(3,4)16-28/h6-13,18,23H,14-17H2,1-5H3,(H,29,32)(H,30,33). The Morgan fingerprint density at radius 3 is 2.26 bits per heavy atom. The maximum Gasteiger partial charge on any atom is 0.338 e. The van der Waals surface area contributed by atoms with Crippen LogP contribution in [0.1, 0.15) is 64.2 Å². The molecule has 9 nitrogen and oxygen atoms in total. The number of anilines is 2. The van der Waals surface area contributed by atoms with Crippen LogP contribution in [0.2, 0.25) is 0 Å². The lowest BCUT2D eigenvalue weighted by molar-refractivity contribution is -0.123. The number of nitrogens with one attached hydrogen (secondary N) is 2. The first-order valence-corrected chi connectivity index (χ1v) is 14.1. The average Bonchev–Trinajstić information content (AvgIpc) is 3.09. The zero-order valence-electron chi connectivity index (χ0n) is 22.4. The van der Waals surface area contributed by atoms with Crippen LogP contribution in [0.5, 0.6) is 0 Å². The number of hydrogen-bond acceptors (Lipinski definition) is 6. The van der Waals surface area contributed by atoms with Crippen molar-refractivity contribution in [1.82, 2.24) is 4.31 Å². The van der Waals surface area contributed by atoms with Crippen LogP contribution in [0.3, 0.4) is 0 Å². The third kappa shape index (κ3) is 6.07. The Morgan fingerprint density at radius 1 is 1.00 bits per heavy atom. The van der Waals surface area contributed by atoms with Gasteiger partial charge in [0.05, 0.1) is 10.5 Å². The van der Waals surface area contributed by atoms with E-state index in [1.165, 1.54) is 38.1 Å². The summed E-state index contributed by atoms with van der Waals surface area (Å²) >= 11 is 0. The number of amides is 2. The Bertz CT molecular complexity index is 1350. The Balaban J connectivity index is 1.42. The van der Waals surface area contributed by atoms with Gasteiger partial charge in [-0.2, -0.15) is 4.31 Å². The number of rotatable bonds is 7. The lowest BCUT2D eigenvalue weighted by Gasteiger charge is -2.39. The minimum atomic E-state index is -3.81. The van der Waals surface area contributed by atoms with Gasteiger partial charge >= 0.3 is 5.97 Å². The first-order chi connectivity index (χ1) is 17.7. The molecule has 204 valence electrons. The maximum absolute atomic E-state index is 13.6. The van der Waals surface area contributed by atoms with Crippen LogP contribution in [0.25, 0.3) is 0 Å². The van der Waals surface area contributed by atoms with Crippen molar-refractivity contribution in [3.63, 3.8) is 0 Å². The van der Waals surface area contributed by atoms with Crippen molar-refractivity contribution in [2.45, 2.75) is 70.9 Å². The van der Waals surface area contributed by atoms with E-state index in [4.69, 9.17) is 4.74 Å². The number of carbonyl (C=O) groups is 3. The van der Waals surface area contributed by atoms with E-state index in [2.05, 4.69) is 31.4 Å². The number of carbonyl (C=O) groups excluding carboxylic acids is 3. The largest absolute Gasteiger partial charge is 0.449 e. The molecule has 4 rings (SSSR count). The maximum atomic E-state index is 13.6. The van der Waals surface area contributed by atoms with Gasteiger partial charge in [-0.25, -0.2) is 13.2 Å². The number of esters is 1. The van der Waals surface area contributed by atoms with Gasteiger partial charge in [0.2, 0.25) is 15.9 Å². The van der Waals surface area contributed by atoms with Crippen molar-refractivity contribution in [3.05, 3.63) is 54.1 Å². The zero-order valence-corrected chi connectivity index (χ0v) is 23.2. The normalized spacial score (nSPS) is 23.3. The molecule has 1 heterocycles. The number of ether oxygens (including phenoxy) is 1. The second-order valence-electron chi connectivity index (χ2n) is 11.6. The van der Waals surface area contributed by atoms with Crippen molar-refractivity contribution >= 4 is 39.2 Å². The van der Waals surface area contributed by atoms with Crippen molar-refractivity contribution < 1.29 is 27.5 Å². The summed E-state index contributed by atoms with van der Waals surface area (Å²) in [6, 6.07) is 12.2. The third-order valence-corrected chi connectivity index (χ3v) is 9.06. The molecule has 3 atom stereocenters. The summed E-state index contributed by atoms with van der Waals surface area (Å²) in [5, 5.41) is 5.29. The molecule has 1 aliphatic heterocycles. The summed E-state index contributed by atoms with van der Waals surface area (Å²) in [6.45, 7) is 9.81. The van der Waals surface area contributed by atoms with E-state index in [1.807, 2.05) is 0 Å². The van der Waals surface area contributed by atoms with Crippen LogP contribution in [0.15, 0.2) is 53.4 Å². The summed E-state index contributed by atoms with van der Waals surface area (Å²) < 4.78 is 34.1. The van der Waals surface area contributed by atoms with E-state index in [1.54, 1.807) is 28.6 Å². The average molecular weight is 542 g/mol. The quantitative estimate of drug-likeness (QED) is 0.501. The van der Waals surface area contributed by atoms with Gasteiger partial charge in [0.25, 0.3) is 5.91 Å². The Morgan fingerprint density at radius 2 is 1.63 bits per heavy atom. The van der Waals surface area contributed by atoms with Crippen molar-refractivity contribution in [2.24, 2.45) is 10.8 Å². The summed E-state index contributed by atoms with van der Waals surface area (Å²) in [5.41, 5.74) is 1.10. The summed E-state index contributed by atoms with van der Waals surface area (Å²) in [6.07, 6.45) is 1.47. The minimum absolute atomic E-state index is 0.0391. The fourth-order valence-corrected chi connectivity index (χ4v) is 7.79. The van der Waals surface area contributed by atoms with Crippen LogP contribution in [0, 0.1) is 10.8 Å². The first kappa shape index (κ1) is 27.8. The number of hydrogen-bond donors (Lipinski definition) is 2. The molecular weight excluding hydrogens is 506 g/mol. The van der Waals surface area contributed by atoms with Crippen LogP contribution in [-0.2, 0) is 24.3 Å². The molecule has 2 aromatic rings. The molecule has 2 aromatic carbocycles. The van der Waals surface area contributed by atoms with E-state index in [-0.39, 0.29) is 33.2 Å². The Kier molecular flexibility index (Phi) is 7.42. The highest BCUT2D eigenvalue weighted by atomic mass is 32.2. The third-order valence-electron chi connectivity index (χ3n) is 7.17. The summed E-state index contributed by atoms with van der Waals surface area (Å²) in [4.78, 5) is 36.6. The van der Waals surface area contributed by atoms with Crippen molar-refractivity contribution in [2.75, 3.05) is 17.2 Å². The smallest absolute Gasteiger partial charge is 0.338 e. The van der Waals surface area contributed by atoms with Gasteiger partial charge < -0.3 is 15.4 Å². The molecule has 1 saturated carbocycles. The van der Waals surface area contributed by atoms with Crippen LogP contribution < -0.4 is 10.6 Å². The van der Waals surface area contributed by atoms with Crippen LogP contribution in [-0.4, -0.2) is 49.2 Å². The van der Waals surface area contributed by atoms with Crippen LogP contribution >= 0.6 is 0 Å². The molecule has 2 fully saturated rings. The molecule has 1 aliphatic carbocycles. The molecule has 2 amide bonds. The molecule has 2 N–H and O–H groups in total. The van der Waals surface area contributed by atoms with Gasteiger partial charge in [0.1, 0.15) is 0 Å². The molecule has 0 radical (unpaired) electrons. The van der Waals surface area contributed by atoms with Crippen LogP contribution in [0.4, 0.5) is 11.4 Å². The second kappa shape index (κ2) is 10.1. The predicted octanol–water partition coefficient (Wildman–Crippen LogP) is 4.42. The fourth-order valence-electron chi connectivity index (χ4n) is 5.97. The fraction of sp³-hybridized carbons (Fsp3) is 0.464. The molecule has 0 aromatic heterocycles. The molecular formula is C28H35N3O6S. The van der Waals surface area contributed by atoms with Gasteiger partial charge in [0.15, 0.2) is 6.10 Å². The number of fused-ring (bicyclic) bond motifs is 2. The zero-order chi connectivity index (χ0) is 27.9. The highest BCUT2D eigenvalue weighted by Crippen LogP contribution is 2.53. The monoisotopic (exact) mass is 541 g/mol. The van der Waals surface area contributed by atoms with Gasteiger partial charge in [-0.1, -0.05) is 26.8 Å². The summed E-state index contributed by atoms with van der Waals surface area (Å²) in [5.74, 6) is -1.55. The van der Waals surface area contributed by atoms with Crippen molar-refractivity contribution in [3.8, 4) is 0 Å². The van der Waals surface area contributed by atoms with Gasteiger partial charge in [-0.05, 0) is 79.5 Å². The number of sulfonamides is 1. The highest BCUT2D eigenvalue weighted by molar-refractivity contribution is 7.89.